The van der Waals surface area contributed by atoms with Crippen molar-refractivity contribution in [3.05, 3.63) is 47.3 Å². The van der Waals surface area contributed by atoms with Crippen LogP contribution in [0.5, 0.6) is 0 Å². The highest BCUT2D eigenvalue weighted by Crippen LogP contribution is 2.12. The van der Waals surface area contributed by atoms with Crippen LogP contribution in [0.4, 0.5) is 13.6 Å². The lowest BCUT2D eigenvalue weighted by Crippen LogP contribution is -2.40. The smallest absolute Gasteiger partial charge is 0.410 e. The van der Waals surface area contributed by atoms with Crippen LogP contribution < -0.4 is 0 Å². The number of carbonyl (C=O) groups is 1. The van der Waals surface area contributed by atoms with E-state index in [1.807, 2.05) is 0 Å². The van der Waals surface area contributed by atoms with Crippen LogP contribution in [0.1, 0.15) is 11.3 Å². The number of hydrogen-bond acceptors (Lipinski definition) is 5. The summed E-state index contributed by atoms with van der Waals surface area (Å²) in [6, 6.07) is 3.95. The first-order valence-corrected chi connectivity index (χ1v) is 7.45. The SMILES string of the molecule is O=C(OCc1cn(Cc2cccc(F)c2F)nn1)N1CCOCC1. The van der Waals surface area contributed by atoms with Gasteiger partial charge in [0.1, 0.15) is 12.3 Å². The molecule has 24 heavy (non-hydrogen) atoms. The molecule has 2 heterocycles. The van der Waals surface area contributed by atoms with E-state index in [1.165, 1.54) is 23.0 Å². The van der Waals surface area contributed by atoms with E-state index in [9.17, 15) is 13.6 Å². The summed E-state index contributed by atoms with van der Waals surface area (Å²) in [5.74, 6) is -1.82. The topological polar surface area (TPSA) is 69.5 Å². The summed E-state index contributed by atoms with van der Waals surface area (Å²) in [5.41, 5.74) is 0.588. The van der Waals surface area contributed by atoms with E-state index < -0.39 is 17.7 Å². The summed E-state index contributed by atoms with van der Waals surface area (Å²) in [5, 5.41) is 7.68. The fourth-order valence-electron chi connectivity index (χ4n) is 2.30. The Morgan fingerprint density at radius 2 is 2.08 bits per heavy atom. The normalized spacial score (nSPS) is 14.7. The Morgan fingerprint density at radius 1 is 1.29 bits per heavy atom. The number of halogens is 2. The zero-order valence-electron chi connectivity index (χ0n) is 12.8. The van der Waals surface area contributed by atoms with Gasteiger partial charge in [0.25, 0.3) is 0 Å². The van der Waals surface area contributed by atoms with Gasteiger partial charge in [-0.05, 0) is 6.07 Å². The molecule has 0 N–H and O–H groups in total. The van der Waals surface area contributed by atoms with Crippen LogP contribution in [0, 0.1) is 11.6 Å². The monoisotopic (exact) mass is 338 g/mol. The second-order valence-electron chi connectivity index (χ2n) is 5.27. The van der Waals surface area contributed by atoms with Crippen molar-refractivity contribution in [3.8, 4) is 0 Å². The fraction of sp³-hybridized carbons (Fsp3) is 0.400. The van der Waals surface area contributed by atoms with Crippen molar-refractivity contribution in [2.75, 3.05) is 26.3 Å². The zero-order valence-corrected chi connectivity index (χ0v) is 12.8. The second-order valence-corrected chi connectivity index (χ2v) is 5.27. The molecular weight excluding hydrogens is 322 g/mol. The van der Waals surface area contributed by atoms with E-state index in [0.717, 1.165) is 6.07 Å². The first kappa shape index (κ1) is 16.3. The number of aromatic nitrogens is 3. The molecule has 1 amide bonds. The Morgan fingerprint density at radius 3 is 2.88 bits per heavy atom. The van der Waals surface area contributed by atoms with Gasteiger partial charge in [-0.15, -0.1) is 5.10 Å². The molecule has 0 unspecified atom stereocenters. The minimum atomic E-state index is -0.910. The van der Waals surface area contributed by atoms with Crippen LogP contribution in [0.2, 0.25) is 0 Å². The predicted octanol–water partition coefficient (Wildman–Crippen LogP) is 1.57. The van der Waals surface area contributed by atoms with E-state index >= 15 is 0 Å². The molecule has 1 aromatic heterocycles. The molecule has 128 valence electrons. The number of benzene rings is 1. The fourth-order valence-corrected chi connectivity index (χ4v) is 2.30. The maximum absolute atomic E-state index is 13.6. The maximum Gasteiger partial charge on any atom is 0.410 e. The van der Waals surface area contributed by atoms with Gasteiger partial charge in [-0.3, -0.25) is 0 Å². The summed E-state index contributed by atoms with van der Waals surface area (Å²) in [4.78, 5) is 13.4. The van der Waals surface area contributed by atoms with Crippen molar-refractivity contribution in [1.29, 1.82) is 0 Å². The maximum atomic E-state index is 13.6. The summed E-state index contributed by atoms with van der Waals surface area (Å²) < 4.78 is 38.5. The number of ether oxygens (including phenoxy) is 2. The Kier molecular flexibility index (Phi) is 4.99. The zero-order chi connectivity index (χ0) is 16.9. The van der Waals surface area contributed by atoms with Crippen molar-refractivity contribution in [3.63, 3.8) is 0 Å². The lowest BCUT2D eigenvalue weighted by atomic mass is 10.2. The number of rotatable bonds is 4. The molecule has 1 aliphatic heterocycles. The van der Waals surface area contributed by atoms with E-state index in [1.54, 1.807) is 4.90 Å². The van der Waals surface area contributed by atoms with Gasteiger partial charge in [-0.2, -0.15) is 0 Å². The molecule has 0 bridgehead atoms. The molecule has 3 rings (SSSR count). The van der Waals surface area contributed by atoms with Gasteiger partial charge in [0, 0.05) is 18.7 Å². The highest BCUT2D eigenvalue weighted by Gasteiger charge is 2.18. The number of amides is 1. The molecular formula is C15H16F2N4O3. The molecule has 7 nitrogen and oxygen atoms in total. The van der Waals surface area contributed by atoms with Gasteiger partial charge in [-0.1, -0.05) is 17.3 Å². The average molecular weight is 338 g/mol. The third-order valence-electron chi connectivity index (χ3n) is 3.56. The predicted molar refractivity (Wildman–Crippen MR) is 78.1 cm³/mol. The van der Waals surface area contributed by atoms with E-state index in [0.29, 0.717) is 32.0 Å². The highest BCUT2D eigenvalue weighted by molar-refractivity contribution is 5.67. The van der Waals surface area contributed by atoms with Gasteiger partial charge in [0.2, 0.25) is 0 Å². The van der Waals surface area contributed by atoms with Crippen molar-refractivity contribution in [1.82, 2.24) is 19.9 Å². The minimum Gasteiger partial charge on any atom is -0.443 e. The number of morpholine rings is 1. The average Bonchev–Trinajstić information content (AvgIpc) is 3.05. The van der Waals surface area contributed by atoms with Crippen LogP contribution in [0.25, 0.3) is 0 Å². The van der Waals surface area contributed by atoms with E-state index in [4.69, 9.17) is 9.47 Å². The number of carbonyl (C=O) groups excluding carboxylic acids is 1. The number of hydrogen-bond donors (Lipinski definition) is 0. The number of nitrogens with zero attached hydrogens (tertiary/aromatic N) is 4. The largest absolute Gasteiger partial charge is 0.443 e. The van der Waals surface area contributed by atoms with Gasteiger partial charge >= 0.3 is 6.09 Å². The Hall–Kier alpha value is -2.55. The second kappa shape index (κ2) is 7.35. The van der Waals surface area contributed by atoms with Crippen LogP contribution in [-0.4, -0.2) is 52.3 Å². The van der Waals surface area contributed by atoms with Gasteiger partial charge in [-0.25, -0.2) is 18.3 Å². The highest BCUT2D eigenvalue weighted by atomic mass is 19.2. The molecule has 1 saturated heterocycles. The van der Waals surface area contributed by atoms with Crippen molar-refractivity contribution >= 4 is 6.09 Å². The molecule has 9 heteroatoms. The lowest BCUT2D eigenvalue weighted by molar-refractivity contribution is 0.0246. The van der Waals surface area contributed by atoms with Crippen LogP contribution in [0.15, 0.2) is 24.4 Å². The summed E-state index contributed by atoms with van der Waals surface area (Å²) in [6.07, 6.45) is 1.08. The van der Waals surface area contributed by atoms with Crippen molar-refractivity contribution < 1.29 is 23.0 Å². The van der Waals surface area contributed by atoms with E-state index in [-0.39, 0.29) is 18.7 Å². The molecule has 0 radical (unpaired) electrons. The Balaban J connectivity index is 1.55. The third kappa shape index (κ3) is 3.85. The standard InChI is InChI=1S/C15H16F2N4O3/c16-13-3-1-2-11(14(13)17)8-21-9-12(18-19-21)10-24-15(22)20-4-6-23-7-5-20/h1-3,9H,4-8,10H2. The first-order valence-electron chi connectivity index (χ1n) is 7.45. The summed E-state index contributed by atoms with van der Waals surface area (Å²) in [7, 11) is 0. The molecule has 1 aromatic carbocycles. The first-order chi connectivity index (χ1) is 11.6. The van der Waals surface area contributed by atoms with Crippen LogP contribution in [-0.2, 0) is 22.6 Å². The van der Waals surface area contributed by atoms with Crippen molar-refractivity contribution in [2.24, 2.45) is 0 Å². The van der Waals surface area contributed by atoms with Gasteiger partial charge in [0.05, 0.1) is 26.0 Å². The molecule has 0 saturated carbocycles. The summed E-state index contributed by atoms with van der Waals surface area (Å²) >= 11 is 0. The molecule has 2 aromatic rings. The van der Waals surface area contributed by atoms with Crippen molar-refractivity contribution in [2.45, 2.75) is 13.2 Å². The minimum absolute atomic E-state index is 0.0357. The lowest BCUT2D eigenvalue weighted by Gasteiger charge is -2.25. The molecule has 1 aliphatic rings. The Bertz CT molecular complexity index is 716. The Labute approximate surface area is 136 Å². The van der Waals surface area contributed by atoms with Gasteiger partial charge < -0.3 is 14.4 Å². The van der Waals surface area contributed by atoms with Crippen LogP contribution >= 0.6 is 0 Å². The molecule has 0 aliphatic carbocycles. The quantitative estimate of drug-likeness (QED) is 0.846. The molecule has 1 fully saturated rings. The summed E-state index contributed by atoms with van der Waals surface area (Å²) in [6.45, 7) is 1.96. The molecule has 0 spiro atoms. The van der Waals surface area contributed by atoms with E-state index in [2.05, 4.69) is 10.3 Å². The van der Waals surface area contributed by atoms with Gasteiger partial charge in [0.15, 0.2) is 11.6 Å². The molecule has 0 atom stereocenters. The van der Waals surface area contributed by atoms with Crippen LogP contribution in [0.3, 0.4) is 0 Å². The third-order valence-corrected chi connectivity index (χ3v) is 3.56.